The second-order valence-corrected chi connectivity index (χ2v) is 4.89. The highest BCUT2D eigenvalue weighted by Crippen LogP contribution is 2.20. The van der Waals surface area contributed by atoms with Crippen LogP contribution >= 0.6 is 15.9 Å². The summed E-state index contributed by atoms with van der Waals surface area (Å²) in [5.74, 6) is -0.00380. The Morgan fingerprint density at radius 2 is 2.16 bits per heavy atom. The van der Waals surface area contributed by atoms with E-state index in [9.17, 15) is 9.18 Å². The molecule has 0 aliphatic rings. The summed E-state index contributed by atoms with van der Waals surface area (Å²) >= 11 is 3.27. The van der Waals surface area contributed by atoms with Crippen molar-refractivity contribution in [3.8, 4) is 5.75 Å². The summed E-state index contributed by atoms with van der Waals surface area (Å²) < 4.78 is 19.8. The van der Waals surface area contributed by atoms with Crippen LogP contribution in [0.5, 0.6) is 5.75 Å². The maximum atomic E-state index is 13.5. The monoisotopic (exact) mass is 323 g/mol. The molecule has 0 spiro atoms. The van der Waals surface area contributed by atoms with Crippen LogP contribution in [0, 0.1) is 12.7 Å². The Morgan fingerprint density at radius 1 is 1.37 bits per heavy atom. The number of aldehydes is 1. The van der Waals surface area contributed by atoms with Gasteiger partial charge < -0.3 is 4.74 Å². The molecule has 0 saturated heterocycles. The van der Waals surface area contributed by atoms with Gasteiger partial charge in [-0.3, -0.25) is 4.79 Å². The summed E-state index contributed by atoms with van der Waals surface area (Å²) in [6, 6.07) is 8.00. The van der Waals surface area contributed by atoms with E-state index in [1.54, 1.807) is 31.2 Å². The third kappa shape index (κ3) is 3.38. The predicted molar refractivity (Wildman–Crippen MR) is 72.8 cm³/mol. The van der Waals surface area contributed by atoms with Crippen molar-refractivity contribution in [3.63, 3.8) is 0 Å². The first-order valence-electron chi connectivity index (χ1n) is 5.59. The van der Waals surface area contributed by atoms with E-state index >= 15 is 0 Å². The van der Waals surface area contributed by atoms with Crippen molar-refractivity contribution >= 4 is 22.2 Å². The lowest BCUT2D eigenvalue weighted by molar-refractivity contribution is 0.111. The van der Waals surface area contributed by atoms with Crippen LogP contribution in [-0.4, -0.2) is 11.3 Å². The molecular formula is C14H11BrFNO2. The summed E-state index contributed by atoms with van der Waals surface area (Å²) in [6.07, 6.45) is 0.625. The summed E-state index contributed by atoms with van der Waals surface area (Å²) in [7, 11) is 0. The fraction of sp³-hybridized carbons (Fsp3) is 0.143. The lowest BCUT2D eigenvalue weighted by Crippen LogP contribution is -2.02. The molecule has 1 aromatic heterocycles. The Labute approximate surface area is 118 Å². The molecule has 0 radical (unpaired) electrons. The zero-order valence-electron chi connectivity index (χ0n) is 10.2. The molecule has 1 aromatic carbocycles. The third-order valence-electron chi connectivity index (χ3n) is 2.53. The van der Waals surface area contributed by atoms with Crippen molar-refractivity contribution in [2.24, 2.45) is 0 Å². The minimum Gasteiger partial charge on any atom is -0.486 e. The van der Waals surface area contributed by atoms with Gasteiger partial charge in [0.1, 0.15) is 23.9 Å². The number of rotatable bonds is 4. The zero-order chi connectivity index (χ0) is 13.8. The van der Waals surface area contributed by atoms with Crippen LogP contribution in [0.3, 0.4) is 0 Å². The number of nitrogens with zero attached hydrogens (tertiary/aromatic N) is 1. The molecule has 5 heteroatoms. The number of carbonyl (C=O) groups is 1. The Kier molecular flexibility index (Phi) is 4.27. The largest absolute Gasteiger partial charge is 0.486 e. The number of hydrogen-bond acceptors (Lipinski definition) is 3. The van der Waals surface area contributed by atoms with E-state index in [0.29, 0.717) is 17.6 Å². The van der Waals surface area contributed by atoms with Crippen LogP contribution < -0.4 is 4.74 Å². The van der Waals surface area contributed by atoms with E-state index in [-0.39, 0.29) is 18.1 Å². The smallest absolute Gasteiger partial charge is 0.172 e. The average molecular weight is 324 g/mol. The van der Waals surface area contributed by atoms with Crippen LogP contribution in [0.2, 0.25) is 0 Å². The third-order valence-corrected chi connectivity index (χ3v) is 3.02. The molecule has 0 aliphatic carbocycles. The normalized spacial score (nSPS) is 10.3. The van der Waals surface area contributed by atoms with Gasteiger partial charge in [0.2, 0.25) is 0 Å². The van der Waals surface area contributed by atoms with Crippen molar-refractivity contribution in [2.75, 3.05) is 0 Å². The molecule has 98 valence electrons. The molecule has 0 atom stereocenters. The number of ether oxygens (including phenoxy) is 1. The van der Waals surface area contributed by atoms with Gasteiger partial charge in [0, 0.05) is 15.7 Å². The molecule has 0 amide bonds. The minimum atomic E-state index is -0.351. The Morgan fingerprint density at radius 3 is 2.89 bits per heavy atom. The Bertz CT molecular complexity index is 616. The van der Waals surface area contributed by atoms with Gasteiger partial charge in [0.15, 0.2) is 6.29 Å². The maximum absolute atomic E-state index is 13.5. The summed E-state index contributed by atoms with van der Waals surface area (Å²) in [5, 5.41) is 0. The Balaban J connectivity index is 2.18. The molecule has 0 aliphatic heterocycles. The van der Waals surface area contributed by atoms with Crippen molar-refractivity contribution in [3.05, 3.63) is 57.6 Å². The molecule has 0 saturated carbocycles. The van der Waals surface area contributed by atoms with Crippen molar-refractivity contribution < 1.29 is 13.9 Å². The number of aromatic nitrogens is 1. The SMILES string of the molecule is Cc1ccc(OCc2cc(Br)ccc2F)c(C=O)n1. The molecule has 2 aromatic rings. The number of pyridine rings is 1. The molecule has 0 unspecified atom stereocenters. The highest BCUT2D eigenvalue weighted by atomic mass is 79.9. The molecule has 19 heavy (non-hydrogen) atoms. The van der Waals surface area contributed by atoms with Crippen molar-refractivity contribution in [1.82, 2.24) is 4.98 Å². The molecule has 0 fully saturated rings. The van der Waals surface area contributed by atoms with Crippen LogP contribution in [0.1, 0.15) is 21.7 Å². The highest BCUT2D eigenvalue weighted by molar-refractivity contribution is 9.10. The van der Waals surface area contributed by atoms with E-state index in [0.717, 1.165) is 10.2 Å². The van der Waals surface area contributed by atoms with Crippen LogP contribution in [0.4, 0.5) is 4.39 Å². The van der Waals surface area contributed by atoms with E-state index in [1.807, 2.05) is 0 Å². The van der Waals surface area contributed by atoms with Gasteiger partial charge in [-0.2, -0.15) is 0 Å². The van der Waals surface area contributed by atoms with Crippen LogP contribution in [0.25, 0.3) is 0 Å². The quantitative estimate of drug-likeness (QED) is 0.806. The van der Waals surface area contributed by atoms with Gasteiger partial charge in [-0.05, 0) is 37.3 Å². The first kappa shape index (κ1) is 13.7. The van der Waals surface area contributed by atoms with Gasteiger partial charge in [-0.1, -0.05) is 15.9 Å². The summed E-state index contributed by atoms with van der Waals surface area (Å²) in [6.45, 7) is 1.82. The zero-order valence-corrected chi connectivity index (χ0v) is 11.8. The van der Waals surface area contributed by atoms with E-state index in [1.165, 1.54) is 6.07 Å². The predicted octanol–water partition coefficient (Wildman–Crippen LogP) is 3.68. The first-order chi connectivity index (χ1) is 9.10. The van der Waals surface area contributed by atoms with Crippen molar-refractivity contribution in [2.45, 2.75) is 13.5 Å². The number of hydrogen-bond donors (Lipinski definition) is 0. The van der Waals surface area contributed by atoms with Gasteiger partial charge in [0.25, 0.3) is 0 Å². The molecule has 1 heterocycles. The first-order valence-corrected chi connectivity index (χ1v) is 6.39. The van der Waals surface area contributed by atoms with Crippen LogP contribution in [0.15, 0.2) is 34.8 Å². The maximum Gasteiger partial charge on any atom is 0.172 e. The molecular weight excluding hydrogens is 313 g/mol. The molecule has 2 rings (SSSR count). The van der Waals surface area contributed by atoms with E-state index in [4.69, 9.17) is 4.74 Å². The summed E-state index contributed by atoms with van der Waals surface area (Å²) in [5.41, 5.74) is 1.35. The van der Waals surface area contributed by atoms with Gasteiger partial charge in [-0.25, -0.2) is 9.37 Å². The molecule has 3 nitrogen and oxygen atoms in total. The van der Waals surface area contributed by atoms with E-state index in [2.05, 4.69) is 20.9 Å². The highest BCUT2D eigenvalue weighted by Gasteiger charge is 2.08. The fourth-order valence-electron chi connectivity index (χ4n) is 1.58. The van der Waals surface area contributed by atoms with Gasteiger partial charge in [0.05, 0.1) is 0 Å². The van der Waals surface area contributed by atoms with Crippen molar-refractivity contribution in [1.29, 1.82) is 0 Å². The Hall–Kier alpha value is -1.75. The van der Waals surface area contributed by atoms with Gasteiger partial charge in [-0.15, -0.1) is 0 Å². The second-order valence-electron chi connectivity index (χ2n) is 3.98. The standard InChI is InChI=1S/C14H11BrFNO2/c1-9-2-5-14(13(7-18)17-9)19-8-10-6-11(15)3-4-12(10)16/h2-7H,8H2,1H3. The summed E-state index contributed by atoms with van der Waals surface area (Å²) in [4.78, 5) is 14.9. The number of aryl methyl sites for hydroxylation is 1. The molecule has 0 bridgehead atoms. The minimum absolute atomic E-state index is 0.0385. The van der Waals surface area contributed by atoms with Gasteiger partial charge >= 0.3 is 0 Å². The average Bonchev–Trinajstić information content (AvgIpc) is 2.40. The molecule has 0 N–H and O–H groups in total. The topological polar surface area (TPSA) is 39.2 Å². The number of carbonyl (C=O) groups excluding carboxylic acids is 1. The lowest BCUT2D eigenvalue weighted by Gasteiger charge is -2.09. The number of halogens is 2. The lowest BCUT2D eigenvalue weighted by atomic mass is 10.2. The van der Waals surface area contributed by atoms with Crippen LogP contribution in [-0.2, 0) is 6.61 Å². The van der Waals surface area contributed by atoms with E-state index < -0.39 is 0 Å². The number of benzene rings is 1. The second kappa shape index (κ2) is 5.93. The fourth-order valence-corrected chi connectivity index (χ4v) is 1.99.